The van der Waals surface area contributed by atoms with Gasteiger partial charge in [-0.05, 0) is 30.2 Å². The van der Waals surface area contributed by atoms with E-state index in [0.29, 0.717) is 51.3 Å². The number of nitrogens with zero attached hydrogens (tertiary/aromatic N) is 3. The van der Waals surface area contributed by atoms with Crippen molar-refractivity contribution in [1.82, 2.24) is 14.7 Å². The van der Waals surface area contributed by atoms with E-state index in [2.05, 4.69) is 0 Å². The monoisotopic (exact) mass is 421 g/mol. The smallest absolute Gasteiger partial charge is 0.254 e. The van der Waals surface area contributed by atoms with Gasteiger partial charge >= 0.3 is 0 Å². The summed E-state index contributed by atoms with van der Waals surface area (Å²) in [6.07, 6.45) is 0.929. The molecule has 7 heteroatoms. The number of hydrogen-bond acceptors (Lipinski definition) is 4. The van der Waals surface area contributed by atoms with Crippen LogP contribution in [0.15, 0.2) is 54.6 Å². The Bertz CT molecular complexity index is 962. The van der Waals surface area contributed by atoms with Crippen molar-refractivity contribution in [2.24, 2.45) is 5.92 Å². The minimum absolute atomic E-state index is 0.00411. The minimum atomic E-state index is -0.329. The van der Waals surface area contributed by atoms with Crippen LogP contribution in [0.3, 0.4) is 0 Å². The highest BCUT2D eigenvalue weighted by molar-refractivity contribution is 5.94. The van der Waals surface area contributed by atoms with Crippen LogP contribution in [0, 0.1) is 5.92 Å². The molecule has 2 heterocycles. The molecule has 0 aliphatic carbocycles. The lowest BCUT2D eigenvalue weighted by Gasteiger charge is -2.24. The summed E-state index contributed by atoms with van der Waals surface area (Å²) in [6, 6.07) is 16.1. The quantitative estimate of drug-likeness (QED) is 0.820. The first-order chi connectivity index (χ1) is 15.0. The Labute approximate surface area is 181 Å². The number of phenolic OH excluding ortho intramolecular Hbond substituents is 1. The highest BCUT2D eigenvalue weighted by Crippen LogP contribution is 2.23. The van der Waals surface area contributed by atoms with Gasteiger partial charge in [0.05, 0.1) is 5.92 Å². The molecule has 4 rings (SSSR count). The molecule has 2 aliphatic rings. The van der Waals surface area contributed by atoms with E-state index >= 15 is 0 Å². The first-order valence-electron chi connectivity index (χ1n) is 10.7. The molecule has 1 atom stereocenters. The zero-order valence-electron chi connectivity index (χ0n) is 17.4. The SMILES string of the molecule is O=C1CC(C(=O)N2CCCN(C(=O)c3cccc(O)c3)CC2)CN1Cc1ccccc1. The average molecular weight is 421 g/mol. The number of benzene rings is 2. The zero-order valence-corrected chi connectivity index (χ0v) is 17.4. The van der Waals surface area contributed by atoms with Crippen molar-refractivity contribution in [3.05, 3.63) is 65.7 Å². The number of hydrogen-bond donors (Lipinski definition) is 1. The maximum atomic E-state index is 13.1. The summed E-state index contributed by atoms with van der Waals surface area (Å²) in [5.41, 5.74) is 1.50. The van der Waals surface area contributed by atoms with E-state index in [1.807, 2.05) is 30.3 Å². The average Bonchev–Trinajstić information content (AvgIpc) is 2.98. The van der Waals surface area contributed by atoms with Crippen molar-refractivity contribution in [2.45, 2.75) is 19.4 Å². The number of likely N-dealkylation sites (tertiary alicyclic amines) is 1. The van der Waals surface area contributed by atoms with Gasteiger partial charge in [-0.15, -0.1) is 0 Å². The second-order valence-corrected chi connectivity index (χ2v) is 8.18. The van der Waals surface area contributed by atoms with Gasteiger partial charge in [-0.1, -0.05) is 36.4 Å². The molecule has 1 N–H and O–H groups in total. The standard InChI is InChI=1S/C24H27N3O4/c28-21-9-4-8-19(14-21)23(30)25-10-5-11-26(13-12-25)24(31)20-15-22(29)27(17-20)16-18-6-2-1-3-7-18/h1-4,6-9,14,20,28H,5,10-13,15-17H2. The maximum absolute atomic E-state index is 13.1. The fourth-order valence-electron chi connectivity index (χ4n) is 4.31. The molecule has 2 aliphatic heterocycles. The van der Waals surface area contributed by atoms with Crippen LogP contribution in [-0.4, -0.2) is 70.3 Å². The number of aromatic hydroxyl groups is 1. The van der Waals surface area contributed by atoms with Crippen LogP contribution < -0.4 is 0 Å². The molecule has 2 fully saturated rings. The van der Waals surface area contributed by atoms with Crippen LogP contribution in [0.2, 0.25) is 0 Å². The highest BCUT2D eigenvalue weighted by atomic mass is 16.3. The molecule has 162 valence electrons. The lowest BCUT2D eigenvalue weighted by Crippen LogP contribution is -2.40. The molecule has 2 saturated heterocycles. The van der Waals surface area contributed by atoms with Gasteiger partial charge in [-0.25, -0.2) is 0 Å². The molecule has 0 spiro atoms. The van der Waals surface area contributed by atoms with Crippen molar-refractivity contribution >= 4 is 17.7 Å². The van der Waals surface area contributed by atoms with Gasteiger partial charge in [0.15, 0.2) is 0 Å². The van der Waals surface area contributed by atoms with Crippen molar-refractivity contribution in [2.75, 3.05) is 32.7 Å². The van der Waals surface area contributed by atoms with E-state index in [1.54, 1.807) is 26.8 Å². The van der Waals surface area contributed by atoms with E-state index in [0.717, 1.165) is 5.56 Å². The minimum Gasteiger partial charge on any atom is -0.508 e. The van der Waals surface area contributed by atoms with E-state index in [1.165, 1.54) is 12.1 Å². The molecule has 0 aromatic heterocycles. The third-order valence-electron chi connectivity index (χ3n) is 5.97. The van der Waals surface area contributed by atoms with Gasteiger partial charge in [-0.2, -0.15) is 0 Å². The second kappa shape index (κ2) is 9.20. The maximum Gasteiger partial charge on any atom is 0.254 e. The molecule has 2 aromatic carbocycles. The van der Waals surface area contributed by atoms with Crippen molar-refractivity contribution in [1.29, 1.82) is 0 Å². The molecule has 1 unspecified atom stereocenters. The lowest BCUT2D eigenvalue weighted by molar-refractivity contribution is -0.135. The fourth-order valence-corrected chi connectivity index (χ4v) is 4.31. The summed E-state index contributed by atoms with van der Waals surface area (Å²) in [5, 5.41) is 9.63. The molecule has 0 bridgehead atoms. The summed E-state index contributed by atoms with van der Waals surface area (Å²) in [4.78, 5) is 43.6. The Hall–Kier alpha value is -3.35. The Morgan fingerprint density at radius 1 is 0.935 bits per heavy atom. The van der Waals surface area contributed by atoms with Crippen molar-refractivity contribution in [3.8, 4) is 5.75 Å². The largest absolute Gasteiger partial charge is 0.508 e. The zero-order chi connectivity index (χ0) is 21.8. The van der Waals surface area contributed by atoms with Crippen LogP contribution in [-0.2, 0) is 16.1 Å². The second-order valence-electron chi connectivity index (χ2n) is 8.18. The van der Waals surface area contributed by atoms with Crippen LogP contribution >= 0.6 is 0 Å². The Kier molecular flexibility index (Phi) is 6.21. The summed E-state index contributed by atoms with van der Waals surface area (Å²) < 4.78 is 0. The first-order valence-corrected chi connectivity index (χ1v) is 10.7. The molecule has 0 saturated carbocycles. The van der Waals surface area contributed by atoms with Gasteiger partial charge in [0, 0.05) is 51.3 Å². The van der Waals surface area contributed by atoms with E-state index in [9.17, 15) is 19.5 Å². The third kappa shape index (κ3) is 4.87. The van der Waals surface area contributed by atoms with Crippen LogP contribution in [0.4, 0.5) is 0 Å². The van der Waals surface area contributed by atoms with E-state index in [-0.39, 0.29) is 35.8 Å². The summed E-state index contributed by atoms with van der Waals surface area (Å²) in [5.74, 6) is -0.406. The van der Waals surface area contributed by atoms with Crippen LogP contribution in [0.25, 0.3) is 0 Å². The summed E-state index contributed by atoms with van der Waals surface area (Å²) >= 11 is 0. The number of rotatable bonds is 4. The third-order valence-corrected chi connectivity index (χ3v) is 5.97. The molecule has 3 amide bonds. The molecule has 2 aromatic rings. The Morgan fingerprint density at radius 3 is 2.45 bits per heavy atom. The molecule has 31 heavy (non-hydrogen) atoms. The lowest BCUT2D eigenvalue weighted by atomic mass is 10.1. The Morgan fingerprint density at radius 2 is 1.68 bits per heavy atom. The molecule has 7 nitrogen and oxygen atoms in total. The molecular weight excluding hydrogens is 394 g/mol. The number of amides is 3. The van der Waals surface area contributed by atoms with Gasteiger partial charge < -0.3 is 19.8 Å². The molecule has 0 radical (unpaired) electrons. The van der Waals surface area contributed by atoms with Gasteiger partial charge in [0.1, 0.15) is 5.75 Å². The number of phenols is 1. The highest BCUT2D eigenvalue weighted by Gasteiger charge is 2.37. The molecular formula is C24H27N3O4. The Balaban J connectivity index is 1.34. The van der Waals surface area contributed by atoms with E-state index in [4.69, 9.17) is 0 Å². The predicted molar refractivity (Wildman–Crippen MR) is 115 cm³/mol. The first kappa shape index (κ1) is 20.9. The number of carbonyl (C=O) groups is 3. The van der Waals surface area contributed by atoms with Gasteiger partial charge in [0.25, 0.3) is 5.91 Å². The number of carbonyl (C=O) groups excluding carboxylic acids is 3. The van der Waals surface area contributed by atoms with Gasteiger partial charge in [-0.3, -0.25) is 14.4 Å². The fraction of sp³-hybridized carbons (Fsp3) is 0.375. The van der Waals surface area contributed by atoms with Crippen molar-refractivity contribution in [3.63, 3.8) is 0 Å². The summed E-state index contributed by atoms with van der Waals surface area (Å²) in [7, 11) is 0. The van der Waals surface area contributed by atoms with Gasteiger partial charge in [0.2, 0.25) is 11.8 Å². The van der Waals surface area contributed by atoms with Crippen LogP contribution in [0.1, 0.15) is 28.8 Å². The predicted octanol–water partition coefficient (Wildman–Crippen LogP) is 2.12. The summed E-state index contributed by atoms with van der Waals surface area (Å²) in [6.45, 7) is 2.99. The normalized spacial score (nSPS) is 19.4. The van der Waals surface area contributed by atoms with Crippen molar-refractivity contribution < 1.29 is 19.5 Å². The van der Waals surface area contributed by atoms with E-state index < -0.39 is 0 Å². The topological polar surface area (TPSA) is 81.2 Å². The van der Waals surface area contributed by atoms with Crippen LogP contribution in [0.5, 0.6) is 5.75 Å².